The molecule has 1 aromatic heterocycles. The first kappa shape index (κ1) is 12.5. The van der Waals surface area contributed by atoms with Crippen molar-refractivity contribution in [2.75, 3.05) is 0 Å². The summed E-state index contributed by atoms with van der Waals surface area (Å²) in [6.07, 6.45) is 5.05. The Kier molecular flexibility index (Phi) is 3.17. The third-order valence-corrected chi connectivity index (χ3v) is 4.34. The molecular weight excluding hydrogens is 256 g/mol. The fourth-order valence-corrected chi connectivity index (χ4v) is 3.07. The third kappa shape index (κ3) is 2.55. The van der Waals surface area contributed by atoms with Crippen LogP contribution in [0.4, 0.5) is 0 Å². The van der Waals surface area contributed by atoms with Gasteiger partial charge in [0.25, 0.3) is 0 Å². The van der Waals surface area contributed by atoms with E-state index in [1.807, 2.05) is 12.4 Å². The van der Waals surface area contributed by atoms with E-state index < -0.39 is 0 Å². The summed E-state index contributed by atoms with van der Waals surface area (Å²) in [6.45, 7) is 0.926. The Labute approximate surface area is 124 Å². The Balaban J connectivity index is 1.46. The molecular formula is C19H18N2. The number of pyridine rings is 1. The zero-order valence-electron chi connectivity index (χ0n) is 11.9. The second-order valence-electron chi connectivity index (χ2n) is 5.75. The lowest BCUT2D eigenvalue weighted by atomic mass is 10.1. The number of rotatable bonds is 4. The SMILES string of the molecule is c1ccc(C2CC2NCc2cccc3cnccc23)cc1. The van der Waals surface area contributed by atoms with E-state index in [4.69, 9.17) is 0 Å². The minimum Gasteiger partial charge on any atom is -0.309 e. The molecule has 1 fully saturated rings. The highest BCUT2D eigenvalue weighted by atomic mass is 15.0. The minimum absolute atomic E-state index is 0.615. The minimum atomic E-state index is 0.615. The predicted molar refractivity (Wildman–Crippen MR) is 86.2 cm³/mol. The molecule has 2 unspecified atom stereocenters. The second-order valence-corrected chi connectivity index (χ2v) is 5.75. The summed E-state index contributed by atoms with van der Waals surface area (Å²) >= 11 is 0. The van der Waals surface area contributed by atoms with Gasteiger partial charge in [0, 0.05) is 36.3 Å². The maximum atomic E-state index is 4.19. The molecule has 1 saturated carbocycles. The molecule has 0 saturated heterocycles. The predicted octanol–water partition coefficient (Wildman–Crippen LogP) is 3.88. The molecule has 2 heteroatoms. The summed E-state index contributed by atoms with van der Waals surface area (Å²) in [5, 5.41) is 6.21. The van der Waals surface area contributed by atoms with Gasteiger partial charge in [-0.25, -0.2) is 0 Å². The molecule has 21 heavy (non-hydrogen) atoms. The van der Waals surface area contributed by atoms with Gasteiger partial charge in [0.2, 0.25) is 0 Å². The molecule has 0 amide bonds. The highest BCUT2D eigenvalue weighted by Crippen LogP contribution is 2.40. The molecule has 0 spiro atoms. The van der Waals surface area contributed by atoms with Gasteiger partial charge in [-0.05, 0) is 29.0 Å². The molecule has 1 aliphatic rings. The Bertz CT molecular complexity index is 746. The lowest BCUT2D eigenvalue weighted by Crippen LogP contribution is -2.17. The first-order valence-electron chi connectivity index (χ1n) is 7.52. The van der Waals surface area contributed by atoms with Crippen LogP contribution in [-0.2, 0) is 6.54 Å². The molecule has 0 aliphatic heterocycles. The van der Waals surface area contributed by atoms with Crippen molar-refractivity contribution in [3.05, 3.63) is 78.1 Å². The molecule has 2 aromatic carbocycles. The summed E-state index contributed by atoms with van der Waals surface area (Å²) in [5.41, 5.74) is 2.81. The van der Waals surface area contributed by atoms with E-state index in [0.29, 0.717) is 12.0 Å². The molecule has 3 aromatic rings. The van der Waals surface area contributed by atoms with Gasteiger partial charge in [0.1, 0.15) is 0 Å². The summed E-state index contributed by atoms with van der Waals surface area (Å²) < 4.78 is 0. The van der Waals surface area contributed by atoms with Crippen LogP contribution in [0.2, 0.25) is 0 Å². The fraction of sp³-hybridized carbons (Fsp3) is 0.211. The zero-order valence-corrected chi connectivity index (χ0v) is 11.9. The van der Waals surface area contributed by atoms with Gasteiger partial charge in [-0.2, -0.15) is 0 Å². The van der Waals surface area contributed by atoms with Gasteiger partial charge < -0.3 is 5.32 Å². The molecule has 1 heterocycles. The van der Waals surface area contributed by atoms with Crippen LogP contribution in [0.3, 0.4) is 0 Å². The van der Waals surface area contributed by atoms with Crippen LogP contribution in [0.15, 0.2) is 67.0 Å². The van der Waals surface area contributed by atoms with Crippen molar-refractivity contribution in [2.24, 2.45) is 0 Å². The molecule has 104 valence electrons. The quantitative estimate of drug-likeness (QED) is 0.781. The standard InChI is InChI=1S/C19H18N2/c1-2-5-14(6-3-1)18-11-19(18)21-13-16-8-4-7-15-12-20-10-9-17(15)16/h1-10,12,18-19,21H,11,13H2. The number of nitrogens with zero attached hydrogens (tertiary/aromatic N) is 1. The highest BCUT2D eigenvalue weighted by molar-refractivity contribution is 5.84. The first-order valence-corrected chi connectivity index (χ1v) is 7.52. The largest absolute Gasteiger partial charge is 0.309 e. The lowest BCUT2D eigenvalue weighted by molar-refractivity contribution is 0.675. The van der Waals surface area contributed by atoms with Gasteiger partial charge >= 0.3 is 0 Å². The van der Waals surface area contributed by atoms with Crippen LogP contribution < -0.4 is 5.32 Å². The van der Waals surface area contributed by atoms with Crippen molar-refractivity contribution in [1.29, 1.82) is 0 Å². The number of nitrogens with one attached hydrogen (secondary N) is 1. The van der Waals surface area contributed by atoms with Crippen LogP contribution in [0.1, 0.15) is 23.5 Å². The molecule has 0 bridgehead atoms. The van der Waals surface area contributed by atoms with Crippen molar-refractivity contribution in [3.8, 4) is 0 Å². The van der Waals surface area contributed by atoms with E-state index >= 15 is 0 Å². The van der Waals surface area contributed by atoms with Gasteiger partial charge in [-0.3, -0.25) is 4.98 Å². The van der Waals surface area contributed by atoms with Crippen LogP contribution in [0.5, 0.6) is 0 Å². The molecule has 4 rings (SSSR count). The van der Waals surface area contributed by atoms with E-state index in [0.717, 1.165) is 6.54 Å². The van der Waals surface area contributed by atoms with E-state index in [9.17, 15) is 0 Å². The molecule has 1 N–H and O–H groups in total. The third-order valence-electron chi connectivity index (χ3n) is 4.34. The van der Waals surface area contributed by atoms with Crippen LogP contribution >= 0.6 is 0 Å². The maximum Gasteiger partial charge on any atom is 0.0346 e. The number of fused-ring (bicyclic) bond motifs is 1. The van der Waals surface area contributed by atoms with Crippen molar-refractivity contribution in [2.45, 2.75) is 24.9 Å². The lowest BCUT2D eigenvalue weighted by Gasteiger charge is -2.08. The molecule has 0 radical (unpaired) electrons. The molecule has 1 aliphatic carbocycles. The van der Waals surface area contributed by atoms with Gasteiger partial charge in [0.05, 0.1) is 0 Å². The number of hydrogen-bond acceptors (Lipinski definition) is 2. The van der Waals surface area contributed by atoms with E-state index in [1.54, 1.807) is 0 Å². The normalized spacial score (nSPS) is 20.6. The van der Waals surface area contributed by atoms with Crippen molar-refractivity contribution in [3.63, 3.8) is 0 Å². The van der Waals surface area contributed by atoms with Crippen molar-refractivity contribution < 1.29 is 0 Å². The summed E-state index contributed by atoms with van der Waals surface area (Å²) in [6, 6.07) is 20.0. The smallest absolute Gasteiger partial charge is 0.0346 e. The van der Waals surface area contributed by atoms with E-state index in [2.05, 4.69) is 64.9 Å². The van der Waals surface area contributed by atoms with Crippen LogP contribution in [-0.4, -0.2) is 11.0 Å². The van der Waals surface area contributed by atoms with Crippen LogP contribution in [0.25, 0.3) is 10.8 Å². The van der Waals surface area contributed by atoms with Gasteiger partial charge in [-0.1, -0.05) is 48.5 Å². The number of aromatic nitrogens is 1. The van der Waals surface area contributed by atoms with E-state index in [1.165, 1.54) is 28.3 Å². The van der Waals surface area contributed by atoms with Crippen molar-refractivity contribution >= 4 is 10.8 Å². The zero-order chi connectivity index (χ0) is 14.1. The monoisotopic (exact) mass is 274 g/mol. The Morgan fingerprint density at radius 2 is 1.90 bits per heavy atom. The topological polar surface area (TPSA) is 24.9 Å². The number of hydrogen-bond donors (Lipinski definition) is 1. The van der Waals surface area contributed by atoms with Crippen molar-refractivity contribution in [1.82, 2.24) is 10.3 Å². The van der Waals surface area contributed by atoms with Crippen LogP contribution in [0, 0.1) is 0 Å². The Hall–Kier alpha value is -2.19. The average Bonchev–Trinajstić information content (AvgIpc) is 3.33. The molecule has 2 atom stereocenters. The summed E-state index contributed by atoms with van der Waals surface area (Å²) in [4.78, 5) is 4.19. The summed E-state index contributed by atoms with van der Waals surface area (Å²) in [5.74, 6) is 0.683. The second kappa shape index (κ2) is 5.30. The maximum absolute atomic E-state index is 4.19. The highest BCUT2D eigenvalue weighted by Gasteiger charge is 2.37. The molecule has 2 nitrogen and oxygen atoms in total. The van der Waals surface area contributed by atoms with Gasteiger partial charge in [0.15, 0.2) is 0 Å². The van der Waals surface area contributed by atoms with E-state index in [-0.39, 0.29) is 0 Å². The Morgan fingerprint density at radius 1 is 1.00 bits per heavy atom. The summed E-state index contributed by atoms with van der Waals surface area (Å²) in [7, 11) is 0. The number of benzene rings is 2. The Morgan fingerprint density at radius 3 is 2.81 bits per heavy atom. The average molecular weight is 274 g/mol. The van der Waals surface area contributed by atoms with Gasteiger partial charge in [-0.15, -0.1) is 0 Å². The first-order chi connectivity index (χ1) is 10.4. The fourth-order valence-electron chi connectivity index (χ4n) is 3.07.